The molecular formula is C7H16IN3O2. The lowest BCUT2D eigenvalue weighted by Crippen LogP contribution is -3.12. The van der Waals surface area contributed by atoms with Crippen LogP contribution in [0.15, 0.2) is 3.21 Å². The molecule has 0 aliphatic rings. The fraction of sp³-hybridized carbons (Fsp3) is 0.857. The molecule has 2 atom stereocenters. The van der Waals surface area contributed by atoms with Gasteiger partial charge in [0.2, 0.25) is 0 Å². The zero-order valence-electron chi connectivity index (χ0n) is 7.92. The Bertz CT molecular complexity index is 146. The van der Waals surface area contributed by atoms with E-state index >= 15 is 0 Å². The number of halogens is 1. The third-order valence-electron chi connectivity index (χ3n) is 1.54. The molecule has 2 unspecified atom stereocenters. The van der Waals surface area contributed by atoms with Crippen molar-refractivity contribution in [3.8, 4) is 0 Å². The first-order chi connectivity index (χ1) is 6.26. The van der Waals surface area contributed by atoms with Crippen LogP contribution in [-0.2, 0) is 4.84 Å². The number of hydrogen-bond donors (Lipinski definition) is 2. The second-order valence-electron chi connectivity index (χ2n) is 2.55. The average Bonchev–Trinajstić information content (AvgIpc) is 2.16. The molecule has 13 heavy (non-hydrogen) atoms. The third-order valence-corrected chi connectivity index (χ3v) is 1.77. The summed E-state index contributed by atoms with van der Waals surface area (Å²) in [5.41, 5.74) is 0. The predicted molar refractivity (Wildman–Crippen MR) is 60.3 cm³/mol. The van der Waals surface area contributed by atoms with Crippen molar-refractivity contribution in [3.05, 3.63) is 5.21 Å². The zero-order valence-corrected chi connectivity index (χ0v) is 10.1. The number of hydrogen-bond acceptors (Lipinski definition) is 4. The molecule has 78 valence electrons. The number of nitrogens with one attached hydrogen (secondary N) is 2. The Morgan fingerprint density at radius 2 is 2.38 bits per heavy atom. The van der Waals surface area contributed by atoms with Crippen LogP contribution in [0, 0.1) is 5.21 Å². The summed E-state index contributed by atoms with van der Waals surface area (Å²) in [7, 11) is 0. The quantitative estimate of drug-likeness (QED) is 0.235. The fourth-order valence-electron chi connectivity index (χ4n) is 0.867. The van der Waals surface area contributed by atoms with Crippen molar-refractivity contribution in [3.63, 3.8) is 0 Å². The second-order valence-corrected chi connectivity index (χ2v) is 3.11. The summed E-state index contributed by atoms with van der Waals surface area (Å²) in [6.07, 6.45) is 2.67. The molecule has 6 heteroatoms. The van der Waals surface area contributed by atoms with E-state index in [0.717, 1.165) is 25.8 Å². The van der Waals surface area contributed by atoms with Gasteiger partial charge >= 0.3 is 0 Å². The molecule has 0 spiro atoms. The van der Waals surface area contributed by atoms with Gasteiger partial charge in [0.05, 0.1) is 22.9 Å². The molecule has 0 aromatic rings. The highest BCUT2D eigenvalue weighted by Crippen LogP contribution is 1.82. The van der Waals surface area contributed by atoms with Gasteiger partial charge in [-0.15, -0.1) is 0 Å². The van der Waals surface area contributed by atoms with Gasteiger partial charge in [0.25, 0.3) is 6.40 Å². The van der Waals surface area contributed by atoms with Gasteiger partial charge in [-0.1, -0.05) is 13.8 Å². The molecule has 0 bridgehead atoms. The maximum absolute atomic E-state index is 11.3. The summed E-state index contributed by atoms with van der Waals surface area (Å²) in [5, 5.41) is 14.1. The summed E-state index contributed by atoms with van der Waals surface area (Å²) >= 11 is 1.76. The van der Waals surface area contributed by atoms with Crippen molar-refractivity contribution in [2.45, 2.75) is 32.9 Å². The Morgan fingerprint density at radius 1 is 1.69 bits per heavy atom. The van der Waals surface area contributed by atoms with Crippen molar-refractivity contribution >= 4 is 29.3 Å². The summed E-state index contributed by atoms with van der Waals surface area (Å²) in [6.45, 7) is 4.82. The first kappa shape index (κ1) is 13.1. The van der Waals surface area contributed by atoms with Crippen LogP contribution in [0.1, 0.15) is 26.7 Å². The topological polar surface area (TPSA) is 61.1 Å². The van der Waals surface area contributed by atoms with Gasteiger partial charge in [-0.05, 0) is 6.42 Å². The molecule has 0 aliphatic heterocycles. The number of rotatable bonds is 7. The molecule has 0 saturated heterocycles. The number of nitrogens with zero attached hydrogens (tertiary/aromatic N) is 1. The Labute approximate surface area is 92.6 Å². The Hall–Kier alpha value is 0.0800. The monoisotopic (exact) mass is 301 g/mol. The van der Waals surface area contributed by atoms with Crippen molar-refractivity contribution < 1.29 is 10.1 Å². The van der Waals surface area contributed by atoms with Gasteiger partial charge in [0.1, 0.15) is 0 Å². The molecule has 0 heterocycles. The van der Waals surface area contributed by atoms with E-state index in [0.29, 0.717) is 0 Å². The normalized spacial score (nSPS) is 16.0. The van der Waals surface area contributed by atoms with Crippen LogP contribution in [0.5, 0.6) is 0 Å². The summed E-state index contributed by atoms with van der Waals surface area (Å²) in [6, 6.07) is 0. The first-order valence-electron chi connectivity index (χ1n) is 4.32. The van der Waals surface area contributed by atoms with E-state index < -0.39 is 0 Å². The number of hydroxylamine groups is 2. The van der Waals surface area contributed by atoms with E-state index in [-0.39, 0.29) is 11.4 Å². The first-order valence-corrected chi connectivity index (χ1v) is 5.29. The Morgan fingerprint density at radius 3 is 2.85 bits per heavy atom. The molecule has 0 aromatic carbocycles. The van der Waals surface area contributed by atoms with Gasteiger partial charge in [-0.2, -0.15) is 8.43 Å². The maximum atomic E-state index is 11.3. The summed E-state index contributed by atoms with van der Waals surface area (Å²) < 4.78 is 3.55. The minimum absolute atomic E-state index is 0.214. The van der Waals surface area contributed by atoms with Gasteiger partial charge in [0, 0.05) is 13.0 Å². The molecule has 0 saturated carbocycles. The second kappa shape index (κ2) is 8.67. The van der Waals surface area contributed by atoms with E-state index in [9.17, 15) is 5.21 Å². The zero-order chi connectivity index (χ0) is 10.1. The van der Waals surface area contributed by atoms with Crippen molar-refractivity contribution in [2.75, 3.05) is 6.54 Å². The van der Waals surface area contributed by atoms with E-state index in [1.165, 1.54) is 0 Å². The Balaban J connectivity index is 3.76. The molecule has 0 aliphatic carbocycles. The van der Waals surface area contributed by atoms with E-state index in [1.807, 2.05) is 6.92 Å². The minimum Gasteiger partial charge on any atom is -0.589 e. The molecule has 5 nitrogen and oxygen atoms in total. The lowest BCUT2D eigenvalue weighted by molar-refractivity contribution is -1.05. The fourth-order valence-corrected chi connectivity index (χ4v) is 0.981. The van der Waals surface area contributed by atoms with Crippen LogP contribution in [0.4, 0.5) is 0 Å². The van der Waals surface area contributed by atoms with Crippen molar-refractivity contribution in [1.29, 1.82) is 0 Å². The van der Waals surface area contributed by atoms with Crippen molar-refractivity contribution in [2.24, 2.45) is 3.21 Å². The SMILES string of the molecule is CCCNC(CC)[NH+]([O-])OC=NI. The largest absolute Gasteiger partial charge is 0.589 e. The molecule has 0 aromatic heterocycles. The van der Waals surface area contributed by atoms with Gasteiger partial charge in [-0.25, -0.2) is 0 Å². The lowest BCUT2D eigenvalue weighted by atomic mass is 10.3. The highest BCUT2D eigenvalue weighted by atomic mass is 127. The van der Waals surface area contributed by atoms with Gasteiger partial charge in [0.15, 0.2) is 6.17 Å². The molecule has 2 N–H and O–H groups in total. The van der Waals surface area contributed by atoms with Crippen LogP contribution in [-0.4, -0.2) is 19.1 Å². The third kappa shape index (κ3) is 6.19. The smallest absolute Gasteiger partial charge is 0.250 e. The van der Waals surface area contributed by atoms with E-state index in [2.05, 4.69) is 15.4 Å². The molecule has 0 radical (unpaired) electrons. The minimum atomic E-state index is -0.267. The van der Waals surface area contributed by atoms with E-state index in [4.69, 9.17) is 4.84 Å². The van der Waals surface area contributed by atoms with Crippen LogP contribution in [0.25, 0.3) is 0 Å². The van der Waals surface area contributed by atoms with E-state index in [1.54, 1.807) is 22.9 Å². The lowest BCUT2D eigenvalue weighted by Gasteiger charge is -2.26. The highest BCUT2D eigenvalue weighted by Gasteiger charge is 2.12. The molecular weight excluding hydrogens is 285 g/mol. The van der Waals surface area contributed by atoms with Gasteiger partial charge in [-0.3, -0.25) is 5.32 Å². The summed E-state index contributed by atoms with van der Waals surface area (Å²) in [4.78, 5) is 4.74. The van der Waals surface area contributed by atoms with Crippen LogP contribution >= 0.6 is 22.9 Å². The van der Waals surface area contributed by atoms with Crippen LogP contribution in [0.3, 0.4) is 0 Å². The summed E-state index contributed by atoms with van der Waals surface area (Å²) in [5.74, 6) is 0. The van der Waals surface area contributed by atoms with Gasteiger partial charge < -0.3 is 10.0 Å². The van der Waals surface area contributed by atoms with Crippen LogP contribution < -0.4 is 10.5 Å². The Kier molecular flexibility index (Phi) is 8.72. The average molecular weight is 301 g/mol. The van der Waals surface area contributed by atoms with Crippen molar-refractivity contribution in [1.82, 2.24) is 5.32 Å². The predicted octanol–water partition coefficient (Wildman–Crippen LogP) is 0.415. The highest BCUT2D eigenvalue weighted by molar-refractivity contribution is 14.1. The standard InChI is InChI=1S/C7H16IN3O2/c1-3-5-9-7(4-2)11(12)13-6-10-8/h6-7,9,11H,3-5H2,1-2H3. The molecule has 0 fully saturated rings. The van der Waals surface area contributed by atoms with Crippen LogP contribution in [0.2, 0.25) is 0 Å². The molecule has 0 amide bonds. The number of quaternary nitrogens is 1. The molecule has 0 rings (SSSR count). The maximum Gasteiger partial charge on any atom is 0.250 e.